The Balaban J connectivity index is 2.23. The number of benzene rings is 2. The first-order chi connectivity index (χ1) is 8.38. The van der Waals surface area contributed by atoms with Gasteiger partial charge in [-0.1, -0.05) is 29.5 Å². The van der Waals surface area contributed by atoms with Crippen molar-refractivity contribution >= 4 is 17.3 Å². The summed E-state index contributed by atoms with van der Waals surface area (Å²) < 4.78 is 1.72. The lowest BCUT2D eigenvalue weighted by Gasteiger charge is -2.02. The Morgan fingerprint density at radius 1 is 1.06 bits per heavy atom. The van der Waals surface area contributed by atoms with E-state index in [1.54, 1.807) is 16.8 Å². The van der Waals surface area contributed by atoms with E-state index in [9.17, 15) is 4.79 Å². The fourth-order valence-electron chi connectivity index (χ4n) is 1.79. The molecule has 1 aromatic heterocycles. The molecule has 0 aliphatic heterocycles. The maximum Gasteiger partial charge on any atom is 0.150 e. The molecular weight excluding hydrogens is 214 g/mol. The average Bonchev–Trinajstić information content (AvgIpc) is 2.82. The molecule has 4 nitrogen and oxygen atoms in total. The van der Waals surface area contributed by atoms with Crippen molar-refractivity contribution < 1.29 is 4.79 Å². The molecular formula is C13H9N3O. The van der Waals surface area contributed by atoms with Gasteiger partial charge in [0.15, 0.2) is 0 Å². The van der Waals surface area contributed by atoms with Gasteiger partial charge in [-0.3, -0.25) is 4.79 Å². The Labute approximate surface area is 97.5 Å². The van der Waals surface area contributed by atoms with Crippen molar-refractivity contribution in [3.63, 3.8) is 0 Å². The number of hydrogen-bond acceptors (Lipinski definition) is 3. The Morgan fingerprint density at radius 2 is 1.94 bits per heavy atom. The number of nitrogens with zero attached hydrogens (tertiary/aromatic N) is 3. The number of hydrogen-bond donors (Lipinski definition) is 0. The standard InChI is InChI=1S/C13H9N3O/c17-9-10-4-3-5-11(8-10)16-13-7-2-1-6-12(13)14-15-16/h1-9H. The molecule has 0 bridgehead atoms. The highest BCUT2D eigenvalue weighted by Gasteiger charge is 2.05. The van der Waals surface area contributed by atoms with Crippen LogP contribution in [0.5, 0.6) is 0 Å². The molecule has 0 spiro atoms. The minimum atomic E-state index is 0.627. The van der Waals surface area contributed by atoms with E-state index in [1.165, 1.54) is 0 Å². The summed E-state index contributed by atoms with van der Waals surface area (Å²) in [6, 6.07) is 15.0. The molecule has 0 atom stereocenters. The number of rotatable bonds is 2. The summed E-state index contributed by atoms with van der Waals surface area (Å²) in [6.45, 7) is 0. The van der Waals surface area contributed by atoms with E-state index in [4.69, 9.17) is 0 Å². The highest BCUT2D eigenvalue weighted by molar-refractivity contribution is 5.78. The van der Waals surface area contributed by atoms with E-state index < -0.39 is 0 Å². The van der Waals surface area contributed by atoms with Crippen LogP contribution in [0, 0.1) is 0 Å². The smallest absolute Gasteiger partial charge is 0.150 e. The number of carbonyl (C=O) groups is 1. The third-order valence-corrected chi connectivity index (χ3v) is 2.60. The van der Waals surface area contributed by atoms with E-state index in [-0.39, 0.29) is 0 Å². The first-order valence-electron chi connectivity index (χ1n) is 5.24. The van der Waals surface area contributed by atoms with Gasteiger partial charge < -0.3 is 0 Å². The first-order valence-corrected chi connectivity index (χ1v) is 5.24. The lowest BCUT2D eigenvalue weighted by molar-refractivity contribution is 0.112. The van der Waals surface area contributed by atoms with Crippen molar-refractivity contribution in [2.45, 2.75) is 0 Å². The Hall–Kier alpha value is -2.49. The molecule has 2 aromatic carbocycles. The topological polar surface area (TPSA) is 47.8 Å². The van der Waals surface area contributed by atoms with Crippen LogP contribution in [-0.4, -0.2) is 21.3 Å². The van der Waals surface area contributed by atoms with Gasteiger partial charge in [-0.2, -0.15) is 0 Å². The zero-order valence-electron chi connectivity index (χ0n) is 8.95. The van der Waals surface area contributed by atoms with E-state index in [0.717, 1.165) is 23.0 Å². The van der Waals surface area contributed by atoms with Crippen molar-refractivity contribution in [1.29, 1.82) is 0 Å². The van der Waals surface area contributed by atoms with Crippen molar-refractivity contribution in [2.24, 2.45) is 0 Å². The van der Waals surface area contributed by atoms with Gasteiger partial charge in [-0.25, -0.2) is 4.68 Å². The Bertz CT molecular complexity index is 688. The van der Waals surface area contributed by atoms with Crippen LogP contribution in [0.4, 0.5) is 0 Å². The summed E-state index contributed by atoms with van der Waals surface area (Å²) in [4.78, 5) is 10.7. The van der Waals surface area contributed by atoms with Gasteiger partial charge in [0.1, 0.15) is 11.8 Å². The molecule has 17 heavy (non-hydrogen) atoms. The van der Waals surface area contributed by atoms with E-state index >= 15 is 0 Å². The second kappa shape index (κ2) is 3.83. The molecule has 0 aliphatic carbocycles. The van der Waals surface area contributed by atoms with Crippen LogP contribution in [0.2, 0.25) is 0 Å². The molecule has 0 fully saturated rings. The molecule has 3 rings (SSSR count). The summed E-state index contributed by atoms with van der Waals surface area (Å²) in [6.07, 6.45) is 0.822. The van der Waals surface area contributed by atoms with Crippen LogP contribution in [0.3, 0.4) is 0 Å². The van der Waals surface area contributed by atoms with Gasteiger partial charge in [0, 0.05) is 5.56 Å². The lowest BCUT2D eigenvalue weighted by atomic mass is 10.2. The second-order valence-corrected chi connectivity index (χ2v) is 3.70. The largest absolute Gasteiger partial charge is 0.298 e. The fraction of sp³-hybridized carbons (Fsp3) is 0. The average molecular weight is 223 g/mol. The summed E-state index contributed by atoms with van der Waals surface area (Å²) in [7, 11) is 0. The third kappa shape index (κ3) is 1.59. The predicted octanol–water partition coefficient (Wildman–Crippen LogP) is 2.23. The van der Waals surface area contributed by atoms with Gasteiger partial charge in [-0.05, 0) is 24.3 Å². The number of carbonyl (C=O) groups excluding carboxylic acids is 1. The maximum atomic E-state index is 10.7. The normalized spacial score (nSPS) is 10.6. The molecule has 4 heteroatoms. The molecule has 0 N–H and O–H groups in total. The van der Waals surface area contributed by atoms with Crippen molar-refractivity contribution in [1.82, 2.24) is 15.0 Å². The van der Waals surface area contributed by atoms with Gasteiger partial charge in [0.25, 0.3) is 0 Å². The zero-order chi connectivity index (χ0) is 11.7. The van der Waals surface area contributed by atoms with Crippen LogP contribution in [0.15, 0.2) is 48.5 Å². The summed E-state index contributed by atoms with van der Waals surface area (Å²) in [5.41, 5.74) is 3.23. The van der Waals surface area contributed by atoms with E-state index in [2.05, 4.69) is 10.3 Å². The first kappa shape index (κ1) is 9.72. The second-order valence-electron chi connectivity index (χ2n) is 3.70. The molecule has 1 heterocycles. The Morgan fingerprint density at radius 3 is 2.82 bits per heavy atom. The third-order valence-electron chi connectivity index (χ3n) is 2.60. The SMILES string of the molecule is O=Cc1cccc(-n2nnc3ccccc32)c1. The highest BCUT2D eigenvalue weighted by Crippen LogP contribution is 2.16. The van der Waals surface area contributed by atoms with Crippen molar-refractivity contribution in [3.8, 4) is 5.69 Å². The Kier molecular flexibility index (Phi) is 2.19. The van der Waals surface area contributed by atoms with Crippen LogP contribution < -0.4 is 0 Å². The molecule has 82 valence electrons. The summed E-state index contributed by atoms with van der Waals surface area (Å²) in [5, 5.41) is 8.17. The number of fused-ring (bicyclic) bond motifs is 1. The van der Waals surface area contributed by atoms with Crippen LogP contribution >= 0.6 is 0 Å². The highest BCUT2D eigenvalue weighted by atomic mass is 16.1. The van der Waals surface area contributed by atoms with Gasteiger partial charge in [0.2, 0.25) is 0 Å². The molecule has 0 amide bonds. The molecule has 0 radical (unpaired) electrons. The minimum absolute atomic E-state index is 0.627. The van der Waals surface area contributed by atoms with Gasteiger partial charge in [-0.15, -0.1) is 5.10 Å². The predicted molar refractivity (Wildman–Crippen MR) is 64.3 cm³/mol. The number of para-hydroxylation sites is 1. The van der Waals surface area contributed by atoms with Gasteiger partial charge in [0.05, 0.1) is 11.2 Å². The molecule has 0 saturated heterocycles. The number of aromatic nitrogens is 3. The van der Waals surface area contributed by atoms with E-state index in [0.29, 0.717) is 5.56 Å². The van der Waals surface area contributed by atoms with Gasteiger partial charge >= 0.3 is 0 Å². The molecule has 0 unspecified atom stereocenters. The number of aldehydes is 1. The van der Waals surface area contributed by atoms with Crippen LogP contribution in [-0.2, 0) is 0 Å². The lowest BCUT2D eigenvalue weighted by Crippen LogP contribution is -1.97. The van der Waals surface area contributed by atoms with E-state index in [1.807, 2.05) is 36.4 Å². The fourth-order valence-corrected chi connectivity index (χ4v) is 1.79. The molecule has 0 saturated carbocycles. The van der Waals surface area contributed by atoms with Crippen LogP contribution in [0.25, 0.3) is 16.7 Å². The van der Waals surface area contributed by atoms with Crippen molar-refractivity contribution in [2.75, 3.05) is 0 Å². The monoisotopic (exact) mass is 223 g/mol. The quantitative estimate of drug-likeness (QED) is 0.626. The summed E-state index contributed by atoms with van der Waals surface area (Å²) in [5.74, 6) is 0. The van der Waals surface area contributed by atoms with Crippen LogP contribution in [0.1, 0.15) is 10.4 Å². The molecule has 3 aromatic rings. The maximum absolute atomic E-state index is 10.7. The summed E-state index contributed by atoms with van der Waals surface area (Å²) >= 11 is 0. The van der Waals surface area contributed by atoms with Crippen molar-refractivity contribution in [3.05, 3.63) is 54.1 Å². The minimum Gasteiger partial charge on any atom is -0.298 e. The zero-order valence-corrected chi connectivity index (χ0v) is 8.95. The molecule has 0 aliphatic rings.